The zero-order valence-corrected chi connectivity index (χ0v) is 9.18. The molecule has 0 spiro atoms. The highest BCUT2D eigenvalue weighted by Crippen LogP contribution is 2.22. The maximum absolute atomic E-state index is 10.6. The third-order valence-corrected chi connectivity index (χ3v) is 2.76. The minimum absolute atomic E-state index is 0.0145. The van der Waals surface area contributed by atoms with Gasteiger partial charge in [-0.15, -0.1) is 0 Å². The molecule has 5 heteroatoms. The van der Waals surface area contributed by atoms with E-state index in [0.717, 1.165) is 0 Å². The lowest BCUT2D eigenvalue weighted by Crippen LogP contribution is -1.97. The zero-order valence-electron chi connectivity index (χ0n) is 7.61. The monoisotopic (exact) mass is 234 g/mol. The van der Waals surface area contributed by atoms with Crippen LogP contribution in [-0.4, -0.2) is 13.9 Å². The molecule has 0 aliphatic carbocycles. The number of aliphatic hydroxyl groups excluding tert-OH is 1. The summed E-state index contributed by atoms with van der Waals surface area (Å²) in [7, 11) is 0. The largest absolute Gasteiger partial charge is 0.389 e. The normalized spacial score (nSPS) is 15.1. The van der Waals surface area contributed by atoms with Crippen molar-refractivity contribution in [2.45, 2.75) is 18.8 Å². The van der Waals surface area contributed by atoms with E-state index in [2.05, 4.69) is 0 Å². The highest BCUT2D eigenvalue weighted by molar-refractivity contribution is 7.78. The van der Waals surface area contributed by atoms with Crippen molar-refractivity contribution in [3.63, 3.8) is 0 Å². The van der Waals surface area contributed by atoms with Gasteiger partial charge in [-0.3, -0.25) is 0 Å². The third-order valence-electron chi connectivity index (χ3n) is 1.83. The molecular formula is C9H11ClO3S. The van der Waals surface area contributed by atoms with E-state index in [-0.39, 0.29) is 5.75 Å². The predicted octanol–water partition coefficient (Wildman–Crippen LogP) is 2.11. The number of halogens is 1. The maximum Gasteiger partial charge on any atom is 0.157 e. The fraction of sp³-hybridized carbons (Fsp3) is 0.333. The molecule has 14 heavy (non-hydrogen) atoms. The molecule has 0 radical (unpaired) electrons. The van der Waals surface area contributed by atoms with Crippen LogP contribution in [0.15, 0.2) is 18.2 Å². The summed E-state index contributed by atoms with van der Waals surface area (Å²) in [5.74, 6) is -0.0145. The Morgan fingerprint density at radius 2 is 2.21 bits per heavy atom. The Bertz CT molecular complexity index is 352. The van der Waals surface area contributed by atoms with Gasteiger partial charge < -0.3 is 9.66 Å². The first kappa shape index (κ1) is 11.7. The van der Waals surface area contributed by atoms with Gasteiger partial charge in [-0.05, 0) is 24.1 Å². The van der Waals surface area contributed by atoms with Gasteiger partial charge in [0.2, 0.25) is 0 Å². The van der Waals surface area contributed by atoms with Crippen LogP contribution >= 0.6 is 11.6 Å². The summed E-state index contributed by atoms with van der Waals surface area (Å²) in [4.78, 5) is 0. The molecule has 1 aromatic rings. The Balaban J connectivity index is 3.02. The molecule has 0 aliphatic heterocycles. The number of aliphatic hydroxyl groups is 1. The van der Waals surface area contributed by atoms with Gasteiger partial charge >= 0.3 is 0 Å². The van der Waals surface area contributed by atoms with E-state index in [9.17, 15) is 9.32 Å². The van der Waals surface area contributed by atoms with Crippen LogP contribution in [0.5, 0.6) is 0 Å². The van der Waals surface area contributed by atoms with E-state index >= 15 is 0 Å². The molecule has 0 saturated carbocycles. The second-order valence-electron chi connectivity index (χ2n) is 2.99. The van der Waals surface area contributed by atoms with Crippen molar-refractivity contribution in [1.29, 1.82) is 0 Å². The Hall–Kier alpha value is -0.420. The molecule has 0 aliphatic rings. The molecule has 1 aromatic carbocycles. The van der Waals surface area contributed by atoms with E-state index in [1.807, 2.05) is 0 Å². The van der Waals surface area contributed by atoms with Gasteiger partial charge in [0.05, 0.1) is 11.9 Å². The van der Waals surface area contributed by atoms with Gasteiger partial charge in [-0.1, -0.05) is 23.7 Å². The molecule has 0 saturated heterocycles. The molecule has 3 nitrogen and oxygen atoms in total. The Labute approximate surface area is 90.0 Å². The van der Waals surface area contributed by atoms with Gasteiger partial charge in [0.1, 0.15) is 0 Å². The quantitative estimate of drug-likeness (QED) is 0.788. The summed E-state index contributed by atoms with van der Waals surface area (Å²) in [5, 5.41) is 9.73. The SMILES string of the molecule is CC(O)c1ccc(Cl)c(CS(=O)O)c1. The molecule has 2 N–H and O–H groups in total. The summed E-state index contributed by atoms with van der Waals surface area (Å²) < 4.78 is 19.3. The van der Waals surface area contributed by atoms with E-state index in [4.69, 9.17) is 16.2 Å². The van der Waals surface area contributed by atoms with E-state index in [1.165, 1.54) is 0 Å². The molecule has 2 unspecified atom stereocenters. The van der Waals surface area contributed by atoms with Crippen molar-refractivity contribution in [2.24, 2.45) is 0 Å². The lowest BCUT2D eigenvalue weighted by molar-refractivity contribution is 0.199. The van der Waals surface area contributed by atoms with Crippen LogP contribution < -0.4 is 0 Å². The summed E-state index contributed by atoms with van der Waals surface area (Å²) in [6, 6.07) is 4.95. The fourth-order valence-corrected chi connectivity index (χ4v) is 1.87. The molecular weight excluding hydrogens is 224 g/mol. The first-order valence-electron chi connectivity index (χ1n) is 4.04. The second kappa shape index (κ2) is 4.89. The Kier molecular flexibility index (Phi) is 4.07. The summed E-state index contributed by atoms with van der Waals surface area (Å²) >= 11 is 3.90. The summed E-state index contributed by atoms with van der Waals surface area (Å²) in [6.45, 7) is 1.63. The Morgan fingerprint density at radius 3 is 2.71 bits per heavy atom. The standard InChI is InChI=1S/C9H11ClO3S/c1-6(11)7-2-3-9(10)8(4-7)5-14(12)13/h2-4,6,11H,5H2,1H3,(H,12,13). The van der Waals surface area contributed by atoms with Crippen LogP contribution in [-0.2, 0) is 16.8 Å². The van der Waals surface area contributed by atoms with E-state index < -0.39 is 17.2 Å². The number of hydrogen-bond acceptors (Lipinski definition) is 2. The Morgan fingerprint density at radius 1 is 1.57 bits per heavy atom. The van der Waals surface area contributed by atoms with Crippen molar-refractivity contribution in [2.75, 3.05) is 0 Å². The highest BCUT2D eigenvalue weighted by atomic mass is 35.5. The zero-order chi connectivity index (χ0) is 10.7. The van der Waals surface area contributed by atoms with Gasteiger partial charge in [0.25, 0.3) is 0 Å². The van der Waals surface area contributed by atoms with Crippen molar-refractivity contribution in [3.05, 3.63) is 34.3 Å². The van der Waals surface area contributed by atoms with Crippen LogP contribution in [0.25, 0.3) is 0 Å². The first-order valence-corrected chi connectivity index (χ1v) is 5.70. The first-order chi connectivity index (χ1) is 6.50. The molecule has 78 valence electrons. The maximum atomic E-state index is 10.6. The van der Waals surface area contributed by atoms with Crippen molar-refractivity contribution < 1.29 is 13.9 Å². The van der Waals surface area contributed by atoms with Crippen molar-refractivity contribution in [3.8, 4) is 0 Å². The average Bonchev–Trinajstić information content (AvgIpc) is 2.07. The number of hydrogen-bond donors (Lipinski definition) is 2. The number of benzene rings is 1. The topological polar surface area (TPSA) is 57.5 Å². The predicted molar refractivity (Wildman–Crippen MR) is 56.6 cm³/mol. The third kappa shape index (κ3) is 3.06. The minimum Gasteiger partial charge on any atom is -0.389 e. The van der Waals surface area contributed by atoms with E-state index in [0.29, 0.717) is 16.1 Å². The minimum atomic E-state index is -1.91. The average molecular weight is 235 g/mol. The molecule has 0 bridgehead atoms. The van der Waals surface area contributed by atoms with Gasteiger partial charge in [0, 0.05) is 5.02 Å². The molecule has 0 heterocycles. The van der Waals surface area contributed by atoms with Crippen molar-refractivity contribution >= 4 is 22.7 Å². The molecule has 0 fully saturated rings. The second-order valence-corrected chi connectivity index (χ2v) is 4.33. The number of rotatable bonds is 3. The lowest BCUT2D eigenvalue weighted by atomic mass is 10.1. The molecule has 0 amide bonds. The molecule has 0 aromatic heterocycles. The summed E-state index contributed by atoms with van der Waals surface area (Å²) in [6.07, 6.45) is -0.599. The highest BCUT2D eigenvalue weighted by Gasteiger charge is 2.07. The molecule has 2 atom stereocenters. The molecule has 1 rings (SSSR count). The smallest absolute Gasteiger partial charge is 0.157 e. The van der Waals surface area contributed by atoms with E-state index in [1.54, 1.807) is 25.1 Å². The van der Waals surface area contributed by atoms with Gasteiger partial charge in [-0.2, -0.15) is 0 Å². The van der Waals surface area contributed by atoms with Crippen LogP contribution in [0, 0.1) is 0 Å². The lowest BCUT2D eigenvalue weighted by Gasteiger charge is -2.08. The van der Waals surface area contributed by atoms with Crippen LogP contribution in [0.1, 0.15) is 24.2 Å². The van der Waals surface area contributed by atoms with Crippen LogP contribution in [0.4, 0.5) is 0 Å². The van der Waals surface area contributed by atoms with Crippen LogP contribution in [0.2, 0.25) is 5.02 Å². The van der Waals surface area contributed by atoms with Gasteiger partial charge in [-0.25, -0.2) is 4.21 Å². The summed E-state index contributed by atoms with van der Waals surface area (Å²) in [5.41, 5.74) is 1.26. The van der Waals surface area contributed by atoms with Crippen molar-refractivity contribution in [1.82, 2.24) is 0 Å². The van der Waals surface area contributed by atoms with Gasteiger partial charge in [0.15, 0.2) is 11.1 Å². The van der Waals surface area contributed by atoms with Crippen LogP contribution in [0.3, 0.4) is 0 Å². The fourth-order valence-electron chi connectivity index (χ4n) is 1.10.